The highest BCUT2D eigenvalue weighted by molar-refractivity contribution is 6.11. The molecule has 170 valence electrons. The minimum absolute atomic E-state index is 0.00493. The van der Waals surface area contributed by atoms with E-state index in [9.17, 15) is 19.2 Å². The van der Waals surface area contributed by atoms with Crippen molar-refractivity contribution in [2.24, 2.45) is 0 Å². The number of anilines is 1. The largest absolute Gasteiger partial charge is 0.454 e. The van der Waals surface area contributed by atoms with E-state index in [0.717, 1.165) is 4.90 Å². The summed E-state index contributed by atoms with van der Waals surface area (Å²) in [4.78, 5) is 51.3. The van der Waals surface area contributed by atoms with Gasteiger partial charge in [0.2, 0.25) is 19.5 Å². The third-order valence-electron chi connectivity index (χ3n) is 5.69. The van der Waals surface area contributed by atoms with Gasteiger partial charge < -0.3 is 29.6 Å². The fourth-order valence-electron chi connectivity index (χ4n) is 3.91. The lowest BCUT2D eigenvalue weighted by Crippen LogP contribution is -2.42. The molecule has 0 radical (unpaired) electrons. The molecule has 5 rings (SSSR count). The summed E-state index contributed by atoms with van der Waals surface area (Å²) in [5, 5.41) is 5.23. The number of nitrogens with one attached hydrogen (secondary N) is 2. The number of benzene rings is 2. The molecule has 3 aliphatic rings. The summed E-state index contributed by atoms with van der Waals surface area (Å²) in [6, 6.07) is 7.16. The molecule has 0 unspecified atom stereocenters. The zero-order valence-electron chi connectivity index (χ0n) is 17.7. The maximum atomic E-state index is 13.2. The first-order chi connectivity index (χ1) is 15.8. The summed E-state index contributed by atoms with van der Waals surface area (Å²) in [5.74, 6) is 0.224. The van der Waals surface area contributed by atoms with Crippen LogP contribution in [0.15, 0.2) is 30.3 Å². The molecule has 11 nitrogen and oxygen atoms in total. The van der Waals surface area contributed by atoms with E-state index < -0.39 is 29.9 Å². The first-order valence-electron chi connectivity index (χ1n) is 10.0. The van der Waals surface area contributed by atoms with Gasteiger partial charge in [0, 0.05) is 11.6 Å². The van der Waals surface area contributed by atoms with Crippen LogP contribution in [0.2, 0.25) is 0 Å². The van der Waals surface area contributed by atoms with Crippen LogP contribution in [0.1, 0.15) is 29.8 Å². The van der Waals surface area contributed by atoms with Gasteiger partial charge >= 0.3 is 6.03 Å². The molecule has 2 N–H and O–H groups in total. The van der Waals surface area contributed by atoms with Crippen molar-refractivity contribution in [1.29, 1.82) is 0 Å². The van der Waals surface area contributed by atoms with Gasteiger partial charge in [-0.15, -0.1) is 0 Å². The number of imide groups is 1. The van der Waals surface area contributed by atoms with Gasteiger partial charge in [-0.3, -0.25) is 19.3 Å². The summed E-state index contributed by atoms with van der Waals surface area (Å²) >= 11 is 0. The average Bonchev–Trinajstić information content (AvgIpc) is 3.48. The molecule has 0 aromatic heterocycles. The molecule has 0 spiro atoms. The summed E-state index contributed by atoms with van der Waals surface area (Å²) < 4.78 is 21.2. The number of ketones is 1. The monoisotopic (exact) mass is 453 g/mol. The molecule has 0 aliphatic carbocycles. The van der Waals surface area contributed by atoms with Crippen LogP contribution in [0.5, 0.6) is 23.0 Å². The molecule has 0 bridgehead atoms. The number of carbonyl (C=O) groups is 4. The molecule has 0 saturated carbocycles. The number of urea groups is 1. The fourth-order valence-corrected chi connectivity index (χ4v) is 3.91. The summed E-state index contributed by atoms with van der Waals surface area (Å²) in [6.45, 7) is 2.43. The Morgan fingerprint density at radius 3 is 2.33 bits per heavy atom. The van der Waals surface area contributed by atoms with E-state index in [-0.39, 0.29) is 30.6 Å². The Balaban J connectivity index is 1.35. The molecule has 1 saturated heterocycles. The van der Waals surface area contributed by atoms with Crippen molar-refractivity contribution in [3.8, 4) is 23.0 Å². The highest BCUT2D eigenvalue weighted by Crippen LogP contribution is 2.39. The normalized spacial score (nSPS) is 20.1. The van der Waals surface area contributed by atoms with Crippen molar-refractivity contribution in [3.63, 3.8) is 0 Å². The van der Waals surface area contributed by atoms with E-state index in [4.69, 9.17) is 18.9 Å². The van der Waals surface area contributed by atoms with E-state index in [0.29, 0.717) is 28.6 Å². The molecule has 4 amide bonds. The van der Waals surface area contributed by atoms with Crippen molar-refractivity contribution in [2.75, 3.05) is 25.4 Å². The minimum atomic E-state index is -1.39. The number of hydrogen-bond acceptors (Lipinski definition) is 8. The van der Waals surface area contributed by atoms with E-state index in [2.05, 4.69) is 10.6 Å². The Hall–Kier alpha value is -4.28. The smallest absolute Gasteiger partial charge is 0.325 e. The molecular formula is C22H19N3O8. The Morgan fingerprint density at radius 2 is 1.64 bits per heavy atom. The van der Waals surface area contributed by atoms with Gasteiger partial charge in [-0.25, -0.2) is 4.79 Å². The van der Waals surface area contributed by atoms with Crippen molar-refractivity contribution in [3.05, 3.63) is 41.5 Å². The van der Waals surface area contributed by atoms with Crippen molar-refractivity contribution < 1.29 is 38.1 Å². The van der Waals surface area contributed by atoms with Crippen LogP contribution in [0.4, 0.5) is 10.5 Å². The lowest BCUT2D eigenvalue weighted by atomic mass is 9.91. The standard InChI is InChI=1S/C22H19N3O8/c1-11(26)13-6-17-18(33-10-32-17)7-14(13)23-19(27)8-25-20(28)22(2,24-21(25)29)12-3-4-15-16(5-12)31-9-30-15/h3-7H,8-10H2,1-2H3,(H,23,27)(H,24,29)/t22-/m1/s1. The Morgan fingerprint density at radius 1 is 1.00 bits per heavy atom. The fraction of sp³-hybridized carbons (Fsp3) is 0.273. The molecule has 2 aromatic rings. The molecular weight excluding hydrogens is 434 g/mol. The van der Waals surface area contributed by atoms with Crippen LogP contribution < -0.4 is 29.6 Å². The van der Waals surface area contributed by atoms with E-state index >= 15 is 0 Å². The van der Waals surface area contributed by atoms with E-state index in [1.807, 2.05) is 0 Å². The third-order valence-corrected chi connectivity index (χ3v) is 5.69. The Labute approximate surface area is 187 Å². The second-order valence-corrected chi connectivity index (χ2v) is 7.87. The van der Waals surface area contributed by atoms with Gasteiger partial charge in [0.05, 0.1) is 5.69 Å². The Kier molecular flexibility index (Phi) is 4.62. The highest BCUT2D eigenvalue weighted by Gasteiger charge is 2.50. The van der Waals surface area contributed by atoms with E-state index in [1.54, 1.807) is 25.1 Å². The van der Waals surface area contributed by atoms with Crippen LogP contribution >= 0.6 is 0 Å². The maximum absolute atomic E-state index is 13.2. The van der Waals surface area contributed by atoms with Crippen molar-refractivity contribution in [2.45, 2.75) is 19.4 Å². The zero-order chi connectivity index (χ0) is 23.3. The third kappa shape index (κ3) is 3.37. The predicted octanol–water partition coefficient (Wildman–Crippen LogP) is 1.75. The summed E-state index contributed by atoms with van der Waals surface area (Å²) in [5.41, 5.74) is -0.485. The zero-order valence-corrected chi connectivity index (χ0v) is 17.7. The topological polar surface area (TPSA) is 133 Å². The average molecular weight is 453 g/mol. The molecule has 3 aliphatic heterocycles. The number of amides is 4. The molecule has 2 aromatic carbocycles. The van der Waals surface area contributed by atoms with Gasteiger partial charge in [0.1, 0.15) is 12.1 Å². The number of nitrogens with zero attached hydrogens (tertiary/aromatic N) is 1. The number of hydrogen-bond donors (Lipinski definition) is 2. The number of Topliss-reactive ketones (excluding diaryl/α,β-unsaturated/α-hetero) is 1. The summed E-state index contributed by atoms with van der Waals surface area (Å²) in [6.07, 6.45) is 0. The number of rotatable bonds is 5. The lowest BCUT2D eigenvalue weighted by molar-refractivity contribution is -0.133. The number of ether oxygens (including phenoxy) is 4. The lowest BCUT2D eigenvalue weighted by Gasteiger charge is -2.22. The first kappa shape index (κ1) is 20.6. The SMILES string of the molecule is CC(=O)c1cc2c(cc1NC(=O)CN1C(=O)N[C@](C)(c3ccc4c(c3)OCO4)C1=O)OCO2. The van der Waals surface area contributed by atoms with Crippen LogP contribution in [-0.2, 0) is 15.1 Å². The van der Waals surface area contributed by atoms with Crippen LogP contribution in [0.25, 0.3) is 0 Å². The number of fused-ring (bicyclic) bond motifs is 2. The van der Waals surface area contributed by atoms with Crippen molar-refractivity contribution in [1.82, 2.24) is 10.2 Å². The summed E-state index contributed by atoms with van der Waals surface area (Å²) in [7, 11) is 0. The quantitative estimate of drug-likeness (QED) is 0.517. The van der Waals surface area contributed by atoms with Crippen LogP contribution in [0.3, 0.4) is 0 Å². The Bertz CT molecular complexity index is 1230. The van der Waals surface area contributed by atoms with Crippen LogP contribution in [-0.4, -0.2) is 48.7 Å². The molecule has 33 heavy (non-hydrogen) atoms. The van der Waals surface area contributed by atoms with Gasteiger partial charge in [-0.05, 0) is 37.6 Å². The van der Waals surface area contributed by atoms with Gasteiger partial charge in [-0.1, -0.05) is 6.07 Å². The molecule has 1 atom stereocenters. The molecule has 11 heteroatoms. The minimum Gasteiger partial charge on any atom is -0.454 e. The van der Waals surface area contributed by atoms with Crippen LogP contribution in [0, 0.1) is 0 Å². The second kappa shape index (κ2) is 7.40. The first-order valence-corrected chi connectivity index (χ1v) is 10.0. The van der Waals surface area contributed by atoms with Gasteiger partial charge in [0.25, 0.3) is 5.91 Å². The highest BCUT2D eigenvalue weighted by atomic mass is 16.7. The van der Waals surface area contributed by atoms with Crippen molar-refractivity contribution >= 4 is 29.3 Å². The maximum Gasteiger partial charge on any atom is 0.325 e. The van der Waals surface area contributed by atoms with E-state index in [1.165, 1.54) is 19.1 Å². The predicted molar refractivity (Wildman–Crippen MR) is 111 cm³/mol. The van der Waals surface area contributed by atoms with Gasteiger partial charge in [0.15, 0.2) is 28.8 Å². The molecule has 1 fully saturated rings. The second-order valence-electron chi connectivity index (χ2n) is 7.87. The molecule has 3 heterocycles. The van der Waals surface area contributed by atoms with Gasteiger partial charge in [-0.2, -0.15) is 0 Å². The number of carbonyl (C=O) groups excluding carboxylic acids is 4.